The second kappa shape index (κ2) is 7.21. The van der Waals surface area contributed by atoms with Crippen molar-refractivity contribution in [2.45, 2.75) is 44.9 Å². The molecular formula is C18H23ClN4O. The molecule has 0 spiro atoms. The minimum absolute atomic E-state index is 0.0996. The van der Waals surface area contributed by atoms with E-state index in [0.717, 1.165) is 55.9 Å². The molecular weight excluding hydrogens is 324 g/mol. The fraction of sp³-hybridized carbons (Fsp3) is 0.556. The van der Waals surface area contributed by atoms with Crippen molar-refractivity contribution < 1.29 is 4.74 Å². The first kappa shape index (κ1) is 16.1. The third kappa shape index (κ3) is 3.48. The summed E-state index contributed by atoms with van der Waals surface area (Å²) in [6.45, 7) is 4.47. The predicted octanol–water partition coefficient (Wildman–Crippen LogP) is 3.23. The van der Waals surface area contributed by atoms with Crippen molar-refractivity contribution in [1.29, 1.82) is 0 Å². The van der Waals surface area contributed by atoms with E-state index in [0.29, 0.717) is 0 Å². The van der Waals surface area contributed by atoms with Crippen molar-refractivity contribution in [3.8, 4) is 0 Å². The summed E-state index contributed by atoms with van der Waals surface area (Å²) in [5, 5.41) is 9.63. The topological polar surface area (TPSA) is 43.2 Å². The molecule has 0 amide bonds. The molecule has 1 aromatic heterocycles. The molecule has 3 heterocycles. The van der Waals surface area contributed by atoms with Gasteiger partial charge in [0, 0.05) is 31.1 Å². The van der Waals surface area contributed by atoms with E-state index in [1.165, 1.54) is 24.8 Å². The highest BCUT2D eigenvalue weighted by Crippen LogP contribution is 2.25. The molecule has 24 heavy (non-hydrogen) atoms. The lowest BCUT2D eigenvalue weighted by Crippen LogP contribution is -2.38. The third-order valence-corrected chi connectivity index (χ3v) is 5.20. The summed E-state index contributed by atoms with van der Waals surface area (Å²) in [7, 11) is 0. The van der Waals surface area contributed by atoms with Crippen LogP contribution in [0.25, 0.3) is 0 Å². The number of aromatic nitrogens is 3. The van der Waals surface area contributed by atoms with E-state index < -0.39 is 0 Å². The van der Waals surface area contributed by atoms with Gasteiger partial charge in [-0.15, -0.1) is 10.2 Å². The van der Waals surface area contributed by atoms with Gasteiger partial charge in [0.2, 0.25) is 0 Å². The SMILES string of the molecule is Clc1ccc([C@@H]2CN(Cc3nnc4n3CCCCC4)CCO2)cc1. The van der Waals surface area contributed by atoms with Crippen LogP contribution < -0.4 is 0 Å². The van der Waals surface area contributed by atoms with Gasteiger partial charge in [0.25, 0.3) is 0 Å². The number of hydrogen-bond donors (Lipinski definition) is 0. The van der Waals surface area contributed by atoms with Crippen molar-refractivity contribution in [3.63, 3.8) is 0 Å². The first-order valence-corrected chi connectivity index (χ1v) is 9.18. The Labute approximate surface area is 147 Å². The van der Waals surface area contributed by atoms with E-state index in [-0.39, 0.29) is 6.10 Å². The van der Waals surface area contributed by atoms with Gasteiger partial charge in [-0.25, -0.2) is 0 Å². The van der Waals surface area contributed by atoms with Gasteiger partial charge in [-0.3, -0.25) is 4.90 Å². The molecule has 0 saturated carbocycles. The normalized spacial score (nSPS) is 22.1. The summed E-state index contributed by atoms with van der Waals surface area (Å²) in [5.74, 6) is 2.26. The first-order valence-electron chi connectivity index (χ1n) is 8.80. The zero-order valence-corrected chi connectivity index (χ0v) is 14.6. The van der Waals surface area contributed by atoms with Crippen LogP contribution >= 0.6 is 11.6 Å². The molecule has 0 bridgehead atoms. The summed E-state index contributed by atoms with van der Waals surface area (Å²) in [5.41, 5.74) is 1.18. The van der Waals surface area contributed by atoms with Crippen molar-refractivity contribution in [2.75, 3.05) is 19.7 Å². The summed E-state index contributed by atoms with van der Waals surface area (Å²) in [6.07, 6.45) is 4.91. The zero-order valence-electron chi connectivity index (χ0n) is 13.8. The average Bonchev–Trinajstić information content (AvgIpc) is 2.83. The molecule has 0 radical (unpaired) electrons. The molecule has 2 aromatic rings. The highest BCUT2D eigenvalue weighted by molar-refractivity contribution is 6.30. The molecule has 1 aromatic carbocycles. The number of hydrogen-bond acceptors (Lipinski definition) is 4. The summed E-state index contributed by atoms with van der Waals surface area (Å²) >= 11 is 5.99. The summed E-state index contributed by atoms with van der Waals surface area (Å²) < 4.78 is 8.29. The van der Waals surface area contributed by atoms with E-state index in [9.17, 15) is 0 Å². The number of ether oxygens (including phenoxy) is 1. The maximum Gasteiger partial charge on any atom is 0.147 e. The van der Waals surface area contributed by atoms with Gasteiger partial charge in [0.15, 0.2) is 0 Å². The third-order valence-electron chi connectivity index (χ3n) is 4.94. The zero-order chi connectivity index (χ0) is 16.4. The highest BCUT2D eigenvalue weighted by Gasteiger charge is 2.24. The standard InChI is InChI=1S/C18H23ClN4O/c19-15-7-5-14(6-8-15)16-12-22(10-11-24-16)13-18-21-20-17-4-2-1-3-9-23(17)18/h5-8,16H,1-4,9-13H2/t16-/m0/s1. The van der Waals surface area contributed by atoms with E-state index in [2.05, 4.69) is 31.8 Å². The van der Waals surface area contributed by atoms with Crippen molar-refractivity contribution in [2.24, 2.45) is 0 Å². The van der Waals surface area contributed by atoms with Crippen LogP contribution in [0.2, 0.25) is 5.02 Å². The van der Waals surface area contributed by atoms with E-state index in [1.54, 1.807) is 0 Å². The number of nitrogens with zero attached hydrogens (tertiary/aromatic N) is 4. The number of aryl methyl sites for hydroxylation is 1. The number of fused-ring (bicyclic) bond motifs is 1. The molecule has 5 nitrogen and oxygen atoms in total. The summed E-state index contributed by atoms with van der Waals surface area (Å²) in [4.78, 5) is 2.42. The molecule has 1 saturated heterocycles. The second-order valence-corrected chi connectivity index (χ2v) is 7.08. The highest BCUT2D eigenvalue weighted by atomic mass is 35.5. The van der Waals surface area contributed by atoms with Crippen molar-refractivity contribution in [3.05, 3.63) is 46.5 Å². The fourth-order valence-corrected chi connectivity index (χ4v) is 3.71. The lowest BCUT2D eigenvalue weighted by Gasteiger charge is -2.32. The Morgan fingerprint density at radius 1 is 1.08 bits per heavy atom. The number of benzene rings is 1. The molecule has 0 N–H and O–H groups in total. The van der Waals surface area contributed by atoms with E-state index in [4.69, 9.17) is 16.3 Å². The Kier molecular flexibility index (Phi) is 4.83. The number of rotatable bonds is 3. The van der Waals surface area contributed by atoms with Crippen molar-refractivity contribution in [1.82, 2.24) is 19.7 Å². The van der Waals surface area contributed by atoms with Crippen LogP contribution in [0.4, 0.5) is 0 Å². The van der Waals surface area contributed by atoms with E-state index >= 15 is 0 Å². The quantitative estimate of drug-likeness (QED) is 0.855. The number of morpholine rings is 1. The smallest absolute Gasteiger partial charge is 0.147 e. The second-order valence-electron chi connectivity index (χ2n) is 6.64. The minimum Gasteiger partial charge on any atom is -0.371 e. The average molecular weight is 347 g/mol. The Morgan fingerprint density at radius 3 is 2.83 bits per heavy atom. The molecule has 0 aliphatic carbocycles. The molecule has 4 rings (SSSR count). The molecule has 2 aliphatic heterocycles. The molecule has 0 unspecified atom stereocenters. The predicted molar refractivity (Wildman–Crippen MR) is 93.0 cm³/mol. The minimum atomic E-state index is 0.0996. The largest absolute Gasteiger partial charge is 0.371 e. The van der Waals surface area contributed by atoms with Crippen molar-refractivity contribution >= 4 is 11.6 Å². The maximum absolute atomic E-state index is 5.99. The molecule has 128 valence electrons. The van der Waals surface area contributed by atoms with Crippen LogP contribution in [-0.2, 0) is 24.2 Å². The van der Waals surface area contributed by atoms with Crippen LogP contribution in [-0.4, -0.2) is 39.4 Å². The molecule has 1 fully saturated rings. The molecule has 6 heteroatoms. The van der Waals surface area contributed by atoms with Crippen LogP contribution in [0.15, 0.2) is 24.3 Å². The Balaban J connectivity index is 1.45. The Morgan fingerprint density at radius 2 is 1.96 bits per heavy atom. The van der Waals surface area contributed by atoms with Gasteiger partial charge in [-0.1, -0.05) is 30.2 Å². The lowest BCUT2D eigenvalue weighted by atomic mass is 10.1. The van der Waals surface area contributed by atoms with Crippen LogP contribution in [0.3, 0.4) is 0 Å². The first-order chi connectivity index (χ1) is 11.8. The fourth-order valence-electron chi connectivity index (χ4n) is 3.59. The van der Waals surface area contributed by atoms with Crippen LogP contribution in [0, 0.1) is 0 Å². The Bertz CT molecular complexity index is 685. The monoisotopic (exact) mass is 346 g/mol. The maximum atomic E-state index is 5.99. The number of halogens is 1. The lowest BCUT2D eigenvalue weighted by molar-refractivity contribution is -0.0340. The molecule has 2 aliphatic rings. The van der Waals surface area contributed by atoms with Gasteiger partial charge in [0.1, 0.15) is 11.6 Å². The van der Waals surface area contributed by atoms with Gasteiger partial charge in [0.05, 0.1) is 19.3 Å². The Hall–Kier alpha value is -1.43. The molecule has 1 atom stereocenters. The van der Waals surface area contributed by atoms with Gasteiger partial charge < -0.3 is 9.30 Å². The van der Waals surface area contributed by atoms with Gasteiger partial charge in [-0.2, -0.15) is 0 Å². The van der Waals surface area contributed by atoms with Gasteiger partial charge in [-0.05, 0) is 30.5 Å². The summed E-state index contributed by atoms with van der Waals surface area (Å²) in [6, 6.07) is 7.97. The van der Waals surface area contributed by atoms with Crippen LogP contribution in [0.5, 0.6) is 0 Å². The van der Waals surface area contributed by atoms with Gasteiger partial charge >= 0.3 is 0 Å². The van der Waals surface area contributed by atoms with E-state index in [1.807, 2.05) is 12.1 Å². The van der Waals surface area contributed by atoms with Crippen LogP contribution in [0.1, 0.15) is 42.6 Å².